The number of amides is 1. The van der Waals surface area contributed by atoms with Crippen LogP contribution in [-0.2, 0) is 13.0 Å². The number of fused-ring (bicyclic) bond motifs is 1. The minimum Gasteiger partial charge on any atom is -0.319 e. The monoisotopic (exact) mass is 369 g/mol. The second-order valence-electron chi connectivity index (χ2n) is 5.80. The Bertz CT molecular complexity index is 900. The van der Waals surface area contributed by atoms with Gasteiger partial charge in [0.2, 0.25) is 0 Å². The molecule has 1 aromatic heterocycles. The van der Waals surface area contributed by atoms with Crippen molar-refractivity contribution >= 4 is 34.5 Å². The number of rotatable bonds is 3. The predicted molar refractivity (Wildman–Crippen MR) is 102 cm³/mol. The Morgan fingerprint density at radius 2 is 2.00 bits per heavy atom. The van der Waals surface area contributed by atoms with Gasteiger partial charge in [-0.1, -0.05) is 54.1 Å². The summed E-state index contributed by atoms with van der Waals surface area (Å²) in [6.45, 7) is 1.69. The van der Waals surface area contributed by atoms with Crippen LogP contribution >= 0.6 is 22.9 Å². The van der Waals surface area contributed by atoms with E-state index in [1.165, 1.54) is 11.3 Å². The maximum atomic E-state index is 12.6. The smallest absolute Gasteiger partial charge is 0.284 e. The number of carbonyl (C=O) groups excluding carboxylic acids is 1. The molecule has 0 saturated carbocycles. The van der Waals surface area contributed by atoms with Crippen LogP contribution in [0.5, 0.6) is 0 Å². The first kappa shape index (κ1) is 16.3. The summed E-state index contributed by atoms with van der Waals surface area (Å²) in [7, 11) is 0. The molecular weight excluding hydrogens is 354 g/mol. The molecule has 0 bridgehead atoms. The molecule has 1 aliphatic rings. The van der Waals surface area contributed by atoms with Crippen molar-refractivity contribution in [2.24, 2.45) is 0 Å². The Hall–Kier alpha value is -2.21. The lowest BCUT2D eigenvalue weighted by Gasteiger charge is -2.10. The first-order valence-electron chi connectivity index (χ1n) is 8.07. The van der Waals surface area contributed by atoms with Gasteiger partial charge < -0.3 is 10.6 Å². The normalized spacial score (nSPS) is 13.3. The molecule has 2 heterocycles. The van der Waals surface area contributed by atoms with E-state index in [4.69, 9.17) is 11.6 Å². The van der Waals surface area contributed by atoms with Crippen molar-refractivity contribution in [1.82, 2.24) is 10.3 Å². The largest absolute Gasteiger partial charge is 0.319 e. The van der Waals surface area contributed by atoms with Crippen LogP contribution in [0.2, 0.25) is 5.02 Å². The maximum absolute atomic E-state index is 12.6. The lowest BCUT2D eigenvalue weighted by molar-refractivity contribution is 0.102. The van der Waals surface area contributed by atoms with Gasteiger partial charge in [0.1, 0.15) is 0 Å². The third-order valence-corrected chi connectivity index (χ3v) is 5.63. The first-order valence-corrected chi connectivity index (χ1v) is 9.26. The molecule has 1 amide bonds. The van der Waals surface area contributed by atoms with Crippen LogP contribution in [-0.4, -0.2) is 17.4 Å². The number of nitrogens with zero attached hydrogens (tertiary/aromatic N) is 1. The van der Waals surface area contributed by atoms with Gasteiger partial charge in [0.05, 0.1) is 16.4 Å². The molecule has 0 spiro atoms. The molecule has 0 radical (unpaired) electrons. The minimum atomic E-state index is -0.216. The highest BCUT2D eigenvalue weighted by atomic mass is 35.5. The molecule has 0 unspecified atom stereocenters. The molecule has 0 aliphatic carbocycles. The van der Waals surface area contributed by atoms with E-state index in [-0.39, 0.29) is 5.91 Å². The Morgan fingerprint density at radius 1 is 1.16 bits per heavy atom. The summed E-state index contributed by atoms with van der Waals surface area (Å²) >= 11 is 7.97. The van der Waals surface area contributed by atoms with Gasteiger partial charge in [-0.05, 0) is 11.6 Å². The van der Waals surface area contributed by atoms with E-state index in [0.29, 0.717) is 15.7 Å². The number of thiazole rings is 1. The average Bonchev–Trinajstić information content (AvgIpc) is 3.08. The van der Waals surface area contributed by atoms with Crippen molar-refractivity contribution < 1.29 is 4.79 Å². The molecule has 126 valence electrons. The Balaban J connectivity index is 1.60. The summed E-state index contributed by atoms with van der Waals surface area (Å²) in [5.74, 6) is -0.216. The Kier molecular flexibility index (Phi) is 4.53. The number of carbonyl (C=O) groups is 1. The fourth-order valence-electron chi connectivity index (χ4n) is 2.87. The zero-order valence-corrected chi connectivity index (χ0v) is 15.0. The van der Waals surface area contributed by atoms with Gasteiger partial charge in [0.15, 0.2) is 5.01 Å². The number of anilines is 1. The van der Waals surface area contributed by atoms with Crippen LogP contribution in [0.1, 0.15) is 20.4 Å². The van der Waals surface area contributed by atoms with Crippen LogP contribution in [0, 0.1) is 0 Å². The number of benzene rings is 2. The van der Waals surface area contributed by atoms with Crippen molar-refractivity contribution in [1.29, 1.82) is 0 Å². The van der Waals surface area contributed by atoms with Gasteiger partial charge in [0.25, 0.3) is 5.91 Å². The third-order valence-electron chi connectivity index (χ3n) is 4.13. The molecule has 2 aromatic carbocycles. The molecule has 0 atom stereocenters. The van der Waals surface area contributed by atoms with Gasteiger partial charge in [-0.25, -0.2) is 4.98 Å². The van der Waals surface area contributed by atoms with Gasteiger partial charge >= 0.3 is 0 Å². The van der Waals surface area contributed by atoms with Crippen molar-refractivity contribution in [3.63, 3.8) is 0 Å². The molecule has 0 saturated heterocycles. The summed E-state index contributed by atoms with van der Waals surface area (Å²) in [6, 6.07) is 15.5. The molecule has 4 nitrogen and oxygen atoms in total. The number of aromatic nitrogens is 1. The lowest BCUT2D eigenvalue weighted by atomic mass is 10.1. The van der Waals surface area contributed by atoms with Gasteiger partial charge in [-0.3, -0.25) is 4.79 Å². The Morgan fingerprint density at radius 3 is 2.80 bits per heavy atom. The second kappa shape index (κ2) is 6.96. The van der Waals surface area contributed by atoms with Crippen molar-refractivity contribution in [3.05, 3.63) is 69.1 Å². The molecule has 1 aliphatic heterocycles. The van der Waals surface area contributed by atoms with E-state index in [1.807, 2.05) is 48.5 Å². The first-order chi connectivity index (χ1) is 12.2. The average molecular weight is 370 g/mol. The quantitative estimate of drug-likeness (QED) is 0.721. The summed E-state index contributed by atoms with van der Waals surface area (Å²) in [5, 5.41) is 7.21. The summed E-state index contributed by atoms with van der Waals surface area (Å²) < 4.78 is 0. The zero-order chi connectivity index (χ0) is 17.2. The van der Waals surface area contributed by atoms with E-state index in [1.54, 1.807) is 0 Å². The van der Waals surface area contributed by atoms with Crippen molar-refractivity contribution in [2.75, 3.05) is 11.9 Å². The van der Waals surface area contributed by atoms with Crippen LogP contribution in [0.4, 0.5) is 5.69 Å². The van der Waals surface area contributed by atoms with Crippen molar-refractivity contribution in [3.8, 4) is 11.1 Å². The SMILES string of the molecule is O=C(Nc1cccc(-c2ccccc2)c1Cl)c1nc2c(s1)CNCC2. The summed E-state index contributed by atoms with van der Waals surface area (Å²) in [4.78, 5) is 18.2. The highest BCUT2D eigenvalue weighted by molar-refractivity contribution is 7.13. The standard InChI is InChI=1S/C19H16ClN3OS/c20-17-13(12-5-2-1-3-6-12)7-4-8-15(17)22-18(24)19-23-14-9-10-21-11-16(14)25-19/h1-8,21H,9-11H2,(H,22,24). The lowest BCUT2D eigenvalue weighted by Crippen LogP contribution is -2.22. The second-order valence-corrected chi connectivity index (χ2v) is 7.26. The van der Waals surface area contributed by atoms with Gasteiger partial charge in [0, 0.05) is 30.0 Å². The number of hydrogen-bond acceptors (Lipinski definition) is 4. The predicted octanol–water partition coefficient (Wildman–Crippen LogP) is 4.36. The molecule has 0 fully saturated rings. The number of halogens is 1. The molecule has 3 aromatic rings. The zero-order valence-electron chi connectivity index (χ0n) is 13.4. The number of hydrogen-bond donors (Lipinski definition) is 2. The van der Waals surface area contributed by atoms with E-state index in [2.05, 4.69) is 15.6 Å². The summed E-state index contributed by atoms with van der Waals surface area (Å²) in [5.41, 5.74) is 3.53. The third kappa shape index (κ3) is 3.31. The molecule has 25 heavy (non-hydrogen) atoms. The molecule has 6 heteroatoms. The van der Waals surface area contributed by atoms with Crippen LogP contribution in [0.25, 0.3) is 11.1 Å². The van der Waals surface area contributed by atoms with Gasteiger partial charge in [-0.15, -0.1) is 11.3 Å². The van der Waals surface area contributed by atoms with E-state index < -0.39 is 0 Å². The van der Waals surface area contributed by atoms with Crippen LogP contribution in [0.15, 0.2) is 48.5 Å². The van der Waals surface area contributed by atoms with Crippen molar-refractivity contribution in [2.45, 2.75) is 13.0 Å². The highest BCUT2D eigenvalue weighted by Gasteiger charge is 2.20. The fraction of sp³-hybridized carbons (Fsp3) is 0.158. The van der Waals surface area contributed by atoms with Gasteiger partial charge in [-0.2, -0.15) is 0 Å². The maximum Gasteiger partial charge on any atom is 0.284 e. The van der Waals surface area contributed by atoms with E-state index in [0.717, 1.165) is 41.2 Å². The Labute approximate surface area is 154 Å². The number of nitrogens with one attached hydrogen (secondary N) is 2. The minimum absolute atomic E-state index is 0.216. The molecular formula is C19H16ClN3OS. The van der Waals surface area contributed by atoms with E-state index >= 15 is 0 Å². The molecule has 2 N–H and O–H groups in total. The van der Waals surface area contributed by atoms with E-state index in [9.17, 15) is 4.79 Å². The topological polar surface area (TPSA) is 54.0 Å². The van der Waals surface area contributed by atoms with Crippen LogP contribution < -0.4 is 10.6 Å². The van der Waals surface area contributed by atoms with Crippen LogP contribution in [0.3, 0.4) is 0 Å². The highest BCUT2D eigenvalue weighted by Crippen LogP contribution is 2.34. The fourth-order valence-corrected chi connectivity index (χ4v) is 4.12. The molecule has 4 rings (SSSR count). The summed E-state index contributed by atoms with van der Waals surface area (Å²) in [6.07, 6.45) is 0.864.